The minimum atomic E-state index is -0.781. The first-order valence-corrected chi connectivity index (χ1v) is 9.77. The molecule has 0 aromatic rings. The second-order valence-corrected chi connectivity index (χ2v) is 7.91. The molecule has 0 aromatic carbocycles. The van der Waals surface area contributed by atoms with E-state index in [0.29, 0.717) is 19.6 Å². The highest BCUT2D eigenvalue weighted by atomic mass is 16.5. The van der Waals surface area contributed by atoms with Crippen molar-refractivity contribution in [3.8, 4) is 0 Å². The Labute approximate surface area is 157 Å². The average Bonchev–Trinajstić information content (AvgIpc) is 2.93. The van der Waals surface area contributed by atoms with Gasteiger partial charge >= 0.3 is 5.97 Å². The summed E-state index contributed by atoms with van der Waals surface area (Å²) in [6, 6.07) is 0. The van der Waals surface area contributed by atoms with Crippen LogP contribution in [0.5, 0.6) is 0 Å². The summed E-state index contributed by atoms with van der Waals surface area (Å²) in [5.74, 6) is -0.315. The van der Waals surface area contributed by atoms with Crippen molar-refractivity contribution in [2.24, 2.45) is 17.3 Å². The van der Waals surface area contributed by atoms with Crippen molar-refractivity contribution in [1.29, 1.82) is 0 Å². The summed E-state index contributed by atoms with van der Waals surface area (Å²) in [5.41, 5.74) is -0.341. The van der Waals surface area contributed by atoms with Gasteiger partial charge in [0.25, 0.3) is 0 Å². The number of allylic oxidation sites excluding steroid dienone is 3. The maximum Gasteiger partial charge on any atom is 0.303 e. The summed E-state index contributed by atoms with van der Waals surface area (Å²) in [4.78, 5) is 10.5. The third-order valence-electron chi connectivity index (χ3n) is 5.22. The fourth-order valence-electron chi connectivity index (χ4n) is 3.41. The van der Waals surface area contributed by atoms with E-state index in [1.54, 1.807) is 0 Å². The summed E-state index contributed by atoms with van der Waals surface area (Å²) in [6.45, 7) is 7.06. The van der Waals surface area contributed by atoms with Gasteiger partial charge < -0.3 is 20.1 Å². The minimum absolute atomic E-state index is 0.156. The van der Waals surface area contributed by atoms with E-state index in [-0.39, 0.29) is 29.8 Å². The molecule has 4 atom stereocenters. The number of aliphatic hydroxyl groups is 2. The van der Waals surface area contributed by atoms with E-state index in [2.05, 4.69) is 6.08 Å². The first-order chi connectivity index (χ1) is 12.3. The van der Waals surface area contributed by atoms with Crippen molar-refractivity contribution in [1.82, 2.24) is 0 Å². The number of ether oxygens (including phenoxy) is 1. The number of rotatable bonds is 12. The van der Waals surface area contributed by atoms with Gasteiger partial charge in [-0.1, -0.05) is 38.2 Å². The molecular weight excluding hydrogens is 332 g/mol. The highest BCUT2D eigenvalue weighted by Gasteiger charge is 2.33. The lowest BCUT2D eigenvalue weighted by molar-refractivity contribution is -0.136. The van der Waals surface area contributed by atoms with Gasteiger partial charge in [-0.25, -0.2) is 0 Å². The molecule has 5 nitrogen and oxygen atoms in total. The fourth-order valence-corrected chi connectivity index (χ4v) is 3.41. The molecule has 0 bridgehead atoms. The molecular formula is C21H36O5. The molecule has 1 fully saturated rings. The van der Waals surface area contributed by atoms with Gasteiger partial charge in [-0.2, -0.15) is 0 Å². The predicted octanol–water partition coefficient (Wildman–Crippen LogP) is 3.55. The number of hydrogen-bond donors (Lipinski definition) is 3. The molecule has 0 radical (unpaired) electrons. The molecule has 0 heterocycles. The van der Waals surface area contributed by atoms with E-state index in [0.717, 1.165) is 25.7 Å². The van der Waals surface area contributed by atoms with Gasteiger partial charge in [0.1, 0.15) is 0 Å². The third kappa shape index (κ3) is 8.02. The van der Waals surface area contributed by atoms with Crippen LogP contribution in [0, 0.1) is 17.3 Å². The van der Waals surface area contributed by atoms with Gasteiger partial charge in [0.15, 0.2) is 0 Å². The molecule has 1 unspecified atom stereocenters. The Morgan fingerprint density at radius 1 is 1.27 bits per heavy atom. The number of aliphatic carboxylic acids is 1. The molecule has 5 heteroatoms. The molecule has 0 saturated heterocycles. The van der Waals surface area contributed by atoms with Gasteiger partial charge in [0, 0.05) is 18.4 Å². The number of aliphatic hydroxyl groups excluding tert-OH is 2. The van der Waals surface area contributed by atoms with E-state index < -0.39 is 12.1 Å². The van der Waals surface area contributed by atoms with Crippen molar-refractivity contribution in [3.05, 3.63) is 24.3 Å². The number of carbonyl (C=O) groups is 1. The van der Waals surface area contributed by atoms with Crippen LogP contribution in [0.4, 0.5) is 0 Å². The zero-order valence-electron chi connectivity index (χ0n) is 16.4. The van der Waals surface area contributed by atoms with Crippen LogP contribution in [0.2, 0.25) is 0 Å². The standard InChI is InChI=1S/C21H36O5/c1-4-26-15-21(2,3)19(23)14-12-16-11-13-18(22)17(16)9-7-5-6-8-10-20(24)25/h5-6,12,14,16-19,22-23H,4,7-11,13,15H2,1-3H3,(H,24,25)/t16-,17+,18+,19?/m0/s1. The Morgan fingerprint density at radius 3 is 2.62 bits per heavy atom. The summed E-state index contributed by atoms with van der Waals surface area (Å²) >= 11 is 0. The maximum absolute atomic E-state index is 10.5. The quantitative estimate of drug-likeness (QED) is 0.459. The summed E-state index contributed by atoms with van der Waals surface area (Å²) in [5, 5.41) is 29.3. The lowest BCUT2D eigenvalue weighted by Gasteiger charge is -2.28. The Morgan fingerprint density at radius 2 is 1.96 bits per heavy atom. The fraction of sp³-hybridized carbons (Fsp3) is 0.762. The molecule has 0 aromatic heterocycles. The molecule has 1 saturated carbocycles. The van der Waals surface area contributed by atoms with Crippen LogP contribution in [-0.2, 0) is 9.53 Å². The van der Waals surface area contributed by atoms with Crippen molar-refractivity contribution in [3.63, 3.8) is 0 Å². The van der Waals surface area contributed by atoms with E-state index >= 15 is 0 Å². The maximum atomic E-state index is 10.5. The Hall–Kier alpha value is -1.17. The molecule has 0 spiro atoms. The van der Waals surface area contributed by atoms with Crippen LogP contribution in [-0.4, -0.2) is 46.7 Å². The lowest BCUT2D eigenvalue weighted by Crippen LogP contribution is -2.32. The van der Waals surface area contributed by atoms with Crippen LogP contribution < -0.4 is 0 Å². The summed E-state index contributed by atoms with van der Waals surface area (Å²) < 4.78 is 5.45. The van der Waals surface area contributed by atoms with Crippen LogP contribution in [0.3, 0.4) is 0 Å². The predicted molar refractivity (Wildman–Crippen MR) is 103 cm³/mol. The van der Waals surface area contributed by atoms with Gasteiger partial charge in [-0.15, -0.1) is 0 Å². The highest BCUT2D eigenvalue weighted by Crippen LogP contribution is 2.37. The second-order valence-electron chi connectivity index (χ2n) is 7.91. The molecule has 1 aliphatic carbocycles. The van der Waals surface area contributed by atoms with Crippen LogP contribution in [0.1, 0.15) is 59.3 Å². The van der Waals surface area contributed by atoms with Gasteiger partial charge in [-0.05, 0) is 50.9 Å². The van der Waals surface area contributed by atoms with Gasteiger partial charge in [-0.3, -0.25) is 4.79 Å². The normalized spacial score (nSPS) is 25.3. The van der Waals surface area contributed by atoms with E-state index in [1.807, 2.05) is 39.0 Å². The van der Waals surface area contributed by atoms with Crippen molar-refractivity contribution < 1.29 is 24.9 Å². The number of hydrogen-bond acceptors (Lipinski definition) is 4. The molecule has 0 amide bonds. The average molecular weight is 369 g/mol. The van der Waals surface area contributed by atoms with Crippen LogP contribution >= 0.6 is 0 Å². The van der Waals surface area contributed by atoms with E-state index in [9.17, 15) is 15.0 Å². The van der Waals surface area contributed by atoms with Gasteiger partial charge in [0.05, 0.1) is 18.8 Å². The molecule has 0 aliphatic heterocycles. The first-order valence-electron chi connectivity index (χ1n) is 9.77. The zero-order valence-corrected chi connectivity index (χ0v) is 16.4. The highest BCUT2D eigenvalue weighted by molar-refractivity contribution is 5.66. The molecule has 3 N–H and O–H groups in total. The van der Waals surface area contributed by atoms with Crippen molar-refractivity contribution >= 4 is 5.97 Å². The third-order valence-corrected chi connectivity index (χ3v) is 5.22. The lowest BCUT2D eigenvalue weighted by atomic mass is 9.85. The number of carboxylic acids is 1. The monoisotopic (exact) mass is 368 g/mol. The Balaban J connectivity index is 2.50. The minimum Gasteiger partial charge on any atom is -0.481 e. The topological polar surface area (TPSA) is 87.0 Å². The SMILES string of the molecule is CCOCC(C)(C)C(O)C=C[C@@H]1CC[C@@H](O)[C@@H]1CCC=CCCC(=O)O. The summed E-state index contributed by atoms with van der Waals surface area (Å²) in [6.07, 6.45) is 11.1. The second kappa shape index (κ2) is 11.5. The van der Waals surface area contributed by atoms with E-state index in [4.69, 9.17) is 9.84 Å². The van der Waals surface area contributed by atoms with Gasteiger partial charge in [0.2, 0.25) is 0 Å². The zero-order chi connectivity index (χ0) is 19.6. The first kappa shape index (κ1) is 22.9. The Kier molecular flexibility index (Phi) is 10.1. The Bertz CT molecular complexity index is 469. The molecule has 1 rings (SSSR count). The van der Waals surface area contributed by atoms with Crippen LogP contribution in [0.15, 0.2) is 24.3 Å². The molecule has 26 heavy (non-hydrogen) atoms. The van der Waals surface area contributed by atoms with Crippen LogP contribution in [0.25, 0.3) is 0 Å². The van der Waals surface area contributed by atoms with Crippen molar-refractivity contribution in [2.75, 3.05) is 13.2 Å². The van der Waals surface area contributed by atoms with E-state index in [1.165, 1.54) is 0 Å². The van der Waals surface area contributed by atoms with Crippen molar-refractivity contribution in [2.45, 2.75) is 71.5 Å². The summed E-state index contributed by atoms with van der Waals surface area (Å²) in [7, 11) is 0. The smallest absolute Gasteiger partial charge is 0.303 e. The largest absolute Gasteiger partial charge is 0.481 e. The number of carboxylic acid groups (broad SMARTS) is 1. The molecule has 1 aliphatic rings. The molecule has 150 valence electrons.